The van der Waals surface area contributed by atoms with Gasteiger partial charge in [-0.1, -0.05) is 6.07 Å². The number of aliphatic hydroxyl groups is 1. The molecule has 0 unspecified atom stereocenters. The maximum Gasteiger partial charge on any atom is 0.128 e. The van der Waals surface area contributed by atoms with E-state index >= 15 is 0 Å². The Morgan fingerprint density at radius 3 is 3.13 bits per heavy atom. The van der Waals surface area contributed by atoms with Gasteiger partial charge in [-0.25, -0.2) is 4.98 Å². The quantitative estimate of drug-likeness (QED) is 0.781. The fraction of sp³-hybridized carbons (Fsp3) is 0.545. The van der Waals surface area contributed by atoms with Crippen LogP contribution in [0.25, 0.3) is 0 Å². The third-order valence-corrected chi connectivity index (χ3v) is 2.50. The van der Waals surface area contributed by atoms with Gasteiger partial charge < -0.3 is 14.7 Å². The van der Waals surface area contributed by atoms with Crippen LogP contribution in [0.1, 0.15) is 12.1 Å². The van der Waals surface area contributed by atoms with Crippen LogP contribution in [0.4, 0.5) is 5.82 Å². The number of aromatic nitrogens is 1. The highest BCUT2D eigenvalue weighted by Gasteiger charge is 2.10. The van der Waals surface area contributed by atoms with E-state index < -0.39 is 0 Å². The highest BCUT2D eigenvalue weighted by molar-refractivity contribution is 5.39. The van der Waals surface area contributed by atoms with E-state index in [0.29, 0.717) is 0 Å². The lowest BCUT2D eigenvalue weighted by Gasteiger charge is -2.20. The number of nitrogens with zero attached hydrogens (tertiary/aromatic N) is 2. The summed E-state index contributed by atoms with van der Waals surface area (Å²) >= 11 is 0. The average molecular weight is 208 g/mol. The zero-order valence-electron chi connectivity index (χ0n) is 8.72. The van der Waals surface area contributed by atoms with Crippen LogP contribution in [0.3, 0.4) is 0 Å². The second kappa shape index (κ2) is 5.09. The maximum absolute atomic E-state index is 9.01. The summed E-state index contributed by atoms with van der Waals surface area (Å²) in [6, 6.07) is 5.74. The molecule has 0 bridgehead atoms. The van der Waals surface area contributed by atoms with Crippen LogP contribution in [0.2, 0.25) is 0 Å². The molecule has 2 rings (SSSR count). The fourth-order valence-electron chi connectivity index (χ4n) is 1.71. The largest absolute Gasteiger partial charge is 0.390 e. The first-order valence-electron chi connectivity index (χ1n) is 5.29. The molecule has 1 aromatic rings. The molecule has 0 radical (unpaired) electrons. The molecule has 1 saturated heterocycles. The predicted octanol–water partition coefficient (Wildman–Crippen LogP) is 0.801. The molecule has 0 spiro atoms. The second-order valence-corrected chi connectivity index (χ2v) is 3.60. The van der Waals surface area contributed by atoms with Crippen molar-refractivity contribution in [2.24, 2.45) is 0 Å². The zero-order valence-corrected chi connectivity index (χ0v) is 8.72. The molecule has 0 aliphatic carbocycles. The Morgan fingerprint density at radius 1 is 1.33 bits per heavy atom. The number of anilines is 1. The van der Waals surface area contributed by atoms with Crippen molar-refractivity contribution in [3.05, 3.63) is 23.9 Å². The molecule has 0 atom stereocenters. The summed E-state index contributed by atoms with van der Waals surface area (Å²) < 4.78 is 5.38. The first kappa shape index (κ1) is 10.4. The lowest BCUT2D eigenvalue weighted by molar-refractivity contribution is 0.152. The Morgan fingerprint density at radius 2 is 2.27 bits per heavy atom. The van der Waals surface area contributed by atoms with Gasteiger partial charge in [-0.05, 0) is 18.6 Å². The van der Waals surface area contributed by atoms with Crippen molar-refractivity contribution in [2.45, 2.75) is 13.0 Å². The summed E-state index contributed by atoms with van der Waals surface area (Å²) in [5.74, 6) is 0.937. The Labute approximate surface area is 89.5 Å². The highest BCUT2D eigenvalue weighted by Crippen LogP contribution is 2.13. The molecule has 0 saturated carbocycles. The number of pyridine rings is 1. The molecule has 1 aliphatic heterocycles. The number of hydrogen-bond donors (Lipinski definition) is 1. The van der Waals surface area contributed by atoms with Gasteiger partial charge in [0.25, 0.3) is 0 Å². The third kappa shape index (κ3) is 2.67. The van der Waals surface area contributed by atoms with Gasteiger partial charge in [0.1, 0.15) is 5.82 Å². The van der Waals surface area contributed by atoms with E-state index in [1.165, 1.54) is 0 Å². The van der Waals surface area contributed by atoms with Crippen LogP contribution in [0, 0.1) is 0 Å². The summed E-state index contributed by atoms with van der Waals surface area (Å²) in [7, 11) is 0. The van der Waals surface area contributed by atoms with Gasteiger partial charge in [0.05, 0.1) is 18.9 Å². The number of hydrogen-bond acceptors (Lipinski definition) is 4. The van der Waals surface area contributed by atoms with E-state index in [0.717, 1.165) is 44.2 Å². The Bertz CT molecular complexity index is 309. The maximum atomic E-state index is 9.01. The molecule has 1 aromatic heterocycles. The second-order valence-electron chi connectivity index (χ2n) is 3.60. The predicted molar refractivity (Wildman–Crippen MR) is 57.8 cm³/mol. The van der Waals surface area contributed by atoms with E-state index in [4.69, 9.17) is 9.84 Å². The SMILES string of the molecule is OCc1cccc(N2CCCOCC2)n1. The Hall–Kier alpha value is -1.13. The summed E-state index contributed by atoms with van der Waals surface area (Å²) in [6.45, 7) is 3.43. The van der Waals surface area contributed by atoms with Crippen molar-refractivity contribution in [2.75, 3.05) is 31.2 Å². The minimum Gasteiger partial charge on any atom is -0.390 e. The first-order chi connectivity index (χ1) is 7.40. The van der Waals surface area contributed by atoms with Crippen LogP contribution in [0.5, 0.6) is 0 Å². The van der Waals surface area contributed by atoms with Gasteiger partial charge in [0.15, 0.2) is 0 Å². The number of aliphatic hydroxyl groups excluding tert-OH is 1. The first-order valence-corrected chi connectivity index (χ1v) is 5.29. The summed E-state index contributed by atoms with van der Waals surface area (Å²) in [4.78, 5) is 6.58. The zero-order chi connectivity index (χ0) is 10.5. The molecular formula is C11H16N2O2. The standard InChI is InChI=1S/C11H16N2O2/c14-9-10-3-1-4-11(12-10)13-5-2-7-15-8-6-13/h1,3-4,14H,2,5-9H2. The van der Waals surface area contributed by atoms with Crippen LogP contribution < -0.4 is 4.90 Å². The van der Waals surface area contributed by atoms with Crippen LogP contribution >= 0.6 is 0 Å². The van der Waals surface area contributed by atoms with E-state index in [9.17, 15) is 0 Å². The molecule has 15 heavy (non-hydrogen) atoms. The van der Waals surface area contributed by atoms with Crippen LogP contribution in [-0.2, 0) is 11.3 Å². The smallest absolute Gasteiger partial charge is 0.128 e. The lowest BCUT2D eigenvalue weighted by Crippen LogP contribution is -2.26. The molecule has 82 valence electrons. The molecule has 4 heteroatoms. The minimum absolute atomic E-state index is 0.00181. The molecule has 1 N–H and O–H groups in total. The minimum atomic E-state index is -0.00181. The van der Waals surface area contributed by atoms with Crippen molar-refractivity contribution in [1.82, 2.24) is 4.98 Å². The normalized spacial score (nSPS) is 17.5. The Balaban J connectivity index is 2.12. The van der Waals surface area contributed by atoms with Crippen molar-refractivity contribution in [3.8, 4) is 0 Å². The van der Waals surface area contributed by atoms with Crippen molar-refractivity contribution in [3.63, 3.8) is 0 Å². The molecular weight excluding hydrogens is 192 g/mol. The molecule has 1 fully saturated rings. The van der Waals surface area contributed by atoms with Gasteiger partial charge in [-0.2, -0.15) is 0 Å². The lowest BCUT2D eigenvalue weighted by atomic mass is 10.3. The van der Waals surface area contributed by atoms with E-state index in [1.54, 1.807) is 0 Å². The summed E-state index contributed by atoms with van der Waals surface area (Å²) in [5, 5.41) is 9.01. The van der Waals surface area contributed by atoms with Gasteiger partial charge in [-0.3, -0.25) is 0 Å². The van der Waals surface area contributed by atoms with Crippen LogP contribution in [0.15, 0.2) is 18.2 Å². The molecule has 2 heterocycles. The fourth-order valence-corrected chi connectivity index (χ4v) is 1.71. The van der Waals surface area contributed by atoms with Gasteiger partial charge >= 0.3 is 0 Å². The monoisotopic (exact) mass is 208 g/mol. The number of ether oxygens (including phenoxy) is 1. The Kier molecular flexibility index (Phi) is 3.53. The third-order valence-electron chi connectivity index (χ3n) is 2.50. The number of rotatable bonds is 2. The topological polar surface area (TPSA) is 45.6 Å². The van der Waals surface area contributed by atoms with Gasteiger partial charge in [0, 0.05) is 19.7 Å². The van der Waals surface area contributed by atoms with Crippen molar-refractivity contribution in [1.29, 1.82) is 0 Å². The summed E-state index contributed by atoms with van der Waals surface area (Å²) in [5.41, 5.74) is 0.720. The van der Waals surface area contributed by atoms with Gasteiger partial charge in [-0.15, -0.1) is 0 Å². The van der Waals surface area contributed by atoms with Gasteiger partial charge in [0.2, 0.25) is 0 Å². The average Bonchev–Trinajstić information content (AvgIpc) is 2.58. The van der Waals surface area contributed by atoms with Crippen molar-refractivity contribution >= 4 is 5.82 Å². The molecule has 1 aliphatic rings. The van der Waals surface area contributed by atoms with E-state index in [1.807, 2.05) is 18.2 Å². The highest BCUT2D eigenvalue weighted by atomic mass is 16.5. The molecule has 0 amide bonds. The van der Waals surface area contributed by atoms with Crippen LogP contribution in [-0.4, -0.2) is 36.4 Å². The molecule has 0 aromatic carbocycles. The molecule has 4 nitrogen and oxygen atoms in total. The van der Waals surface area contributed by atoms with E-state index in [-0.39, 0.29) is 6.61 Å². The summed E-state index contributed by atoms with van der Waals surface area (Å²) in [6.07, 6.45) is 1.03. The van der Waals surface area contributed by atoms with Crippen molar-refractivity contribution < 1.29 is 9.84 Å². The van der Waals surface area contributed by atoms with E-state index in [2.05, 4.69) is 9.88 Å².